The number of para-hydroxylation sites is 1. The number of hydrogen-bond donors (Lipinski definition) is 2. The minimum Gasteiger partial charge on any atom is -0.325 e. The second-order valence-electron chi connectivity index (χ2n) is 6.53. The smallest absolute Gasteiger partial charge is 0.321 e. The van der Waals surface area contributed by atoms with Gasteiger partial charge < -0.3 is 15.5 Å². The first-order chi connectivity index (χ1) is 12.5. The Morgan fingerprint density at radius 3 is 2.65 bits per heavy atom. The van der Waals surface area contributed by atoms with Crippen molar-refractivity contribution in [3.63, 3.8) is 0 Å². The number of nitrogens with one attached hydrogen (secondary N) is 2. The fraction of sp³-hybridized carbons (Fsp3) is 0.300. The molecule has 3 amide bonds. The highest BCUT2D eigenvalue weighted by atomic mass is 35.5. The Bertz CT molecular complexity index is 795. The molecule has 0 bridgehead atoms. The molecule has 6 heteroatoms. The van der Waals surface area contributed by atoms with Crippen LogP contribution in [0, 0.1) is 12.8 Å². The molecule has 0 saturated carbocycles. The van der Waals surface area contributed by atoms with Gasteiger partial charge in [-0.1, -0.05) is 35.9 Å². The van der Waals surface area contributed by atoms with Gasteiger partial charge in [0.1, 0.15) is 0 Å². The number of aryl methyl sites for hydroxylation is 1. The summed E-state index contributed by atoms with van der Waals surface area (Å²) in [6, 6.07) is 14.6. The number of carbonyl (C=O) groups is 2. The van der Waals surface area contributed by atoms with Gasteiger partial charge in [0, 0.05) is 29.5 Å². The summed E-state index contributed by atoms with van der Waals surface area (Å²) in [6.07, 6.45) is 1.56. The first-order valence-electron chi connectivity index (χ1n) is 8.71. The molecule has 1 fully saturated rings. The summed E-state index contributed by atoms with van der Waals surface area (Å²) in [7, 11) is 0. The predicted molar refractivity (Wildman–Crippen MR) is 105 cm³/mol. The number of amides is 3. The van der Waals surface area contributed by atoms with Crippen LogP contribution in [-0.2, 0) is 4.79 Å². The van der Waals surface area contributed by atoms with E-state index < -0.39 is 0 Å². The molecule has 0 aromatic heterocycles. The zero-order valence-electron chi connectivity index (χ0n) is 14.7. The lowest BCUT2D eigenvalue weighted by Crippen LogP contribution is -2.45. The van der Waals surface area contributed by atoms with E-state index in [1.807, 2.05) is 43.3 Å². The van der Waals surface area contributed by atoms with Crippen LogP contribution in [0.5, 0.6) is 0 Å². The highest BCUT2D eigenvalue weighted by Crippen LogP contribution is 2.23. The number of rotatable bonds is 3. The van der Waals surface area contributed by atoms with Crippen molar-refractivity contribution in [1.29, 1.82) is 0 Å². The average molecular weight is 372 g/mol. The molecule has 3 rings (SSSR count). The Kier molecular flexibility index (Phi) is 5.78. The molecule has 1 saturated heterocycles. The second-order valence-corrected chi connectivity index (χ2v) is 6.97. The summed E-state index contributed by atoms with van der Waals surface area (Å²) in [5.41, 5.74) is 2.42. The molecular weight excluding hydrogens is 350 g/mol. The number of anilines is 2. The molecule has 1 heterocycles. The van der Waals surface area contributed by atoms with Gasteiger partial charge in [0.05, 0.1) is 5.92 Å². The third kappa shape index (κ3) is 4.55. The molecular formula is C20H22ClN3O2. The Morgan fingerprint density at radius 2 is 1.88 bits per heavy atom. The molecule has 1 unspecified atom stereocenters. The van der Waals surface area contributed by atoms with Crippen molar-refractivity contribution < 1.29 is 9.59 Å². The number of carbonyl (C=O) groups excluding carboxylic acids is 2. The Morgan fingerprint density at radius 1 is 1.12 bits per heavy atom. The van der Waals surface area contributed by atoms with Crippen molar-refractivity contribution in [2.24, 2.45) is 5.92 Å². The Hall–Kier alpha value is -2.53. The third-order valence-corrected chi connectivity index (χ3v) is 4.80. The zero-order chi connectivity index (χ0) is 18.5. The molecule has 5 nitrogen and oxygen atoms in total. The van der Waals surface area contributed by atoms with E-state index in [1.54, 1.807) is 17.0 Å². The quantitative estimate of drug-likeness (QED) is 0.832. The summed E-state index contributed by atoms with van der Waals surface area (Å²) in [5, 5.41) is 6.41. The number of hydrogen-bond acceptors (Lipinski definition) is 2. The Balaban J connectivity index is 1.61. The fourth-order valence-electron chi connectivity index (χ4n) is 3.06. The number of urea groups is 1. The van der Waals surface area contributed by atoms with Gasteiger partial charge in [-0.3, -0.25) is 4.79 Å². The third-order valence-electron chi connectivity index (χ3n) is 4.56. The van der Waals surface area contributed by atoms with Crippen LogP contribution in [0.15, 0.2) is 48.5 Å². The lowest BCUT2D eigenvalue weighted by molar-refractivity contribution is -0.121. The van der Waals surface area contributed by atoms with Crippen LogP contribution >= 0.6 is 11.6 Å². The molecule has 2 aromatic rings. The maximum atomic E-state index is 12.6. The van der Waals surface area contributed by atoms with Crippen LogP contribution in [0.1, 0.15) is 18.4 Å². The largest absolute Gasteiger partial charge is 0.325 e. The molecule has 0 aliphatic carbocycles. The van der Waals surface area contributed by atoms with Gasteiger partial charge in [0.2, 0.25) is 5.91 Å². The topological polar surface area (TPSA) is 61.4 Å². The molecule has 1 aliphatic heterocycles. The van der Waals surface area contributed by atoms with E-state index in [1.165, 1.54) is 0 Å². The lowest BCUT2D eigenvalue weighted by Gasteiger charge is -2.32. The van der Waals surface area contributed by atoms with Crippen LogP contribution < -0.4 is 10.6 Å². The van der Waals surface area contributed by atoms with E-state index in [2.05, 4.69) is 10.6 Å². The number of benzene rings is 2. The standard InChI is InChI=1S/C20H22ClN3O2/c1-14-9-10-16(21)12-18(14)23-19(25)15-6-5-11-24(13-15)20(26)22-17-7-3-2-4-8-17/h2-4,7-10,12,15H,5-6,11,13H2,1H3,(H,22,26)(H,23,25). The maximum Gasteiger partial charge on any atom is 0.321 e. The summed E-state index contributed by atoms with van der Waals surface area (Å²) < 4.78 is 0. The minimum absolute atomic E-state index is 0.0763. The highest BCUT2D eigenvalue weighted by Gasteiger charge is 2.28. The van der Waals surface area contributed by atoms with E-state index >= 15 is 0 Å². The van der Waals surface area contributed by atoms with Crippen LogP contribution in [0.2, 0.25) is 5.02 Å². The van der Waals surface area contributed by atoms with Crippen LogP contribution in [-0.4, -0.2) is 29.9 Å². The Labute approximate surface area is 158 Å². The predicted octanol–water partition coefficient (Wildman–Crippen LogP) is 4.53. The monoisotopic (exact) mass is 371 g/mol. The molecule has 26 heavy (non-hydrogen) atoms. The van der Waals surface area contributed by atoms with Gasteiger partial charge >= 0.3 is 6.03 Å². The van der Waals surface area contributed by atoms with E-state index in [-0.39, 0.29) is 17.9 Å². The SMILES string of the molecule is Cc1ccc(Cl)cc1NC(=O)C1CCCN(C(=O)Nc2ccccc2)C1. The molecule has 1 aliphatic rings. The van der Waals surface area contributed by atoms with E-state index in [4.69, 9.17) is 11.6 Å². The van der Waals surface area contributed by atoms with Crippen molar-refractivity contribution >= 4 is 34.9 Å². The number of halogens is 1. The van der Waals surface area contributed by atoms with E-state index in [9.17, 15) is 9.59 Å². The van der Waals surface area contributed by atoms with Crippen LogP contribution in [0.4, 0.5) is 16.2 Å². The van der Waals surface area contributed by atoms with Crippen molar-refractivity contribution in [2.45, 2.75) is 19.8 Å². The molecule has 0 spiro atoms. The molecule has 2 aromatic carbocycles. The van der Waals surface area contributed by atoms with E-state index in [0.29, 0.717) is 23.8 Å². The van der Waals surface area contributed by atoms with Gasteiger partial charge in [0.15, 0.2) is 0 Å². The maximum absolute atomic E-state index is 12.6. The molecule has 136 valence electrons. The summed E-state index contributed by atoms with van der Waals surface area (Å²) in [5.74, 6) is -0.309. The fourth-order valence-corrected chi connectivity index (χ4v) is 3.24. The van der Waals surface area contributed by atoms with Crippen molar-refractivity contribution in [2.75, 3.05) is 23.7 Å². The summed E-state index contributed by atoms with van der Waals surface area (Å²) in [4.78, 5) is 26.8. The van der Waals surface area contributed by atoms with Gasteiger partial charge in [-0.2, -0.15) is 0 Å². The normalized spacial score (nSPS) is 16.8. The second kappa shape index (κ2) is 8.23. The molecule has 2 N–H and O–H groups in total. The highest BCUT2D eigenvalue weighted by molar-refractivity contribution is 6.31. The summed E-state index contributed by atoms with van der Waals surface area (Å²) in [6.45, 7) is 2.98. The molecule has 0 radical (unpaired) electrons. The van der Waals surface area contributed by atoms with Crippen molar-refractivity contribution in [3.05, 3.63) is 59.1 Å². The van der Waals surface area contributed by atoms with E-state index in [0.717, 1.165) is 24.1 Å². The first kappa shape index (κ1) is 18.3. The van der Waals surface area contributed by atoms with Crippen LogP contribution in [0.25, 0.3) is 0 Å². The van der Waals surface area contributed by atoms with Gasteiger partial charge in [-0.05, 0) is 49.6 Å². The van der Waals surface area contributed by atoms with Gasteiger partial charge in [-0.25, -0.2) is 4.79 Å². The van der Waals surface area contributed by atoms with Crippen molar-refractivity contribution in [1.82, 2.24) is 4.90 Å². The lowest BCUT2D eigenvalue weighted by atomic mass is 9.97. The van der Waals surface area contributed by atoms with Gasteiger partial charge in [-0.15, -0.1) is 0 Å². The summed E-state index contributed by atoms with van der Waals surface area (Å²) >= 11 is 6.02. The van der Waals surface area contributed by atoms with Crippen LogP contribution in [0.3, 0.4) is 0 Å². The van der Waals surface area contributed by atoms with Gasteiger partial charge in [0.25, 0.3) is 0 Å². The number of likely N-dealkylation sites (tertiary alicyclic amines) is 1. The number of piperidine rings is 1. The zero-order valence-corrected chi connectivity index (χ0v) is 15.4. The minimum atomic E-state index is -0.233. The average Bonchev–Trinajstić information content (AvgIpc) is 2.65. The first-order valence-corrected chi connectivity index (χ1v) is 9.09. The number of nitrogens with zero attached hydrogens (tertiary/aromatic N) is 1. The molecule has 1 atom stereocenters. The van der Waals surface area contributed by atoms with Crippen molar-refractivity contribution in [3.8, 4) is 0 Å².